The quantitative estimate of drug-likeness (QED) is 0.238. The molecule has 2 atom stereocenters. The van der Waals surface area contributed by atoms with Crippen LogP contribution in [0, 0.1) is 15.9 Å². The average molecular weight is 585 g/mol. The van der Waals surface area contributed by atoms with Gasteiger partial charge in [-0.15, -0.1) is 0 Å². The topological polar surface area (TPSA) is 130 Å². The van der Waals surface area contributed by atoms with Crippen molar-refractivity contribution in [2.45, 2.75) is 45.3 Å². The van der Waals surface area contributed by atoms with E-state index in [2.05, 4.69) is 5.32 Å². The number of amides is 2. The van der Waals surface area contributed by atoms with E-state index in [4.69, 9.17) is 0 Å². The van der Waals surface area contributed by atoms with Crippen LogP contribution in [0.5, 0.6) is 0 Å². The van der Waals surface area contributed by atoms with Crippen molar-refractivity contribution in [1.29, 1.82) is 0 Å². The number of hydrogen-bond acceptors (Lipinski definition) is 6. The molecule has 12 heteroatoms. The van der Waals surface area contributed by atoms with E-state index in [0.29, 0.717) is 12.0 Å². The van der Waals surface area contributed by atoms with Gasteiger partial charge in [-0.25, -0.2) is 12.8 Å². The van der Waals surface area contributed by atoms with E-state index in [9.17, 15) is 32.5 Å². The summed E-state index contributed by atoms with van der Waals surface area (Å²) in [5.41, 5.74) is 0.880. The minimum atomic E-state index is -4.08. The van der Waals surface area contributed by atoms with Gasteiger partial charge in [-0.3, -0.25) is 24.0 Å². The van der Waals surface area contributed by atoms with Gasteiger partial charge in [0.05, 0.1) is 16.9 Å². The van der Waals surface area contributed by atoms with Crippen LogP contribution in [0.4, 0.5) is 15.8 Å². The zero-order valence-electron chi connectivity index (χ0n) is 23.1. The summed E-state index contributed by atoms with van der Waals surface area (Å²) in [4.78, 5) is 39.5. The second-order valence-corrected chi connectivity index (χ2v) is 11.6. The van der Waals surface area contributed by atoms with Crippen molar-refractivity contribution < 1.29 is 27.3 Å². The standard InChI is InChI=1S/C29H33FN4O6S/c1-4-21(2)31-29(36)27(17-22-9-6-5-7-10-22)32(19-23-13-15-24(30)16-14-23)28(35)20-33(41(3,39)40)25-11-8-12-26(18-25)34(37)38/h5-16,18,21,27H,4,17,19-20H2,1-3H3,(H,31,36)/t21-,27-/m1/s1. The highest BCUT2D eigenvalue weighted by molar-refractivity contribution is 7.92. The molecule has 3 aromatic rings. The first-order chi connectivity index (χ1) is 19.4. The number of sulfonamides is 1. The predicted molar refractivity (Wildman–Crippen MR) is 154 cm³/mol. The number of halogens is 1. The predicted octanol–water partition coefficient (Wildman–Crippen LogP) is 4.05. The van der Waals surface area contributed by atoms with E-state index in [1.165, 1.54) is 47.4 Å². The van der Waals surface area contributed by atoms with E-state index in [1.807, 2.05) is 32.0 Å². The maximum absolute atomic E-state index is 14.0. The highest BCUT2D eigenvalue weighted by Crippen LogP contribution is 2.24. The number of rotatable bonds is 13. The van der Waals surface area contributed by atoms with Gasteiger partial charge in [0.1, 0.15) is 18.4 Å². The van der Waals surface area contributed by atoms with Crippen molar-refractivity contribution in [2.24, 2.45) is 0 Å². The number of nitro benzene ring substituents is 1. The summed E-state index contributed by atoms with van der Waals surface area (Å²) in [6, 6.07) is 18.2. The van der Waals surface area contributed by atoms with Crippen molar-refractivity contribution in [3.8, 4) is 0 Å². The SMILES string of the molecule is CC[C@@H](C)NC(=O)[C@@H](Cc1ccccc1)N(Cc1ccc(F)cc1)C(=O)CN(c1cccc([N+](=O)[O-])c1)S(C)(=O)=O. The average Bonchev–Trinajstić information content (AvgIpc) is 2.94. The third-order valence-electron chi connectivity index (χ3n) is 6.55. The Morgan fingerprint density at radius 2 is 1.66 bits per heavy atom. The zero-order valence-corrected chi connectivity index (χ0v) is 23.9. The van der Waals surface area contributed by atoms with E-state index in [-0.39, 0.29) is 30.4 Å². The lowest BCUT2D eigenvalue weighted by Crippen LogP contribution is -2.54. The molecule has 0 aliphatic heterocycles. The number of non-ortho nitro benzene ring substituents is 1. The van der Waals surface area contributed by atoms with Gasteiger partial charge < -0.3 is 10.2 Å². The van der Waals surface area contributed by atoms with Gasteiger partial charge in [0.2, 0.25) is 21.8 Å². The number of carbonyl (C=O) groups is 2. The fourth-order valence-corrected chi connectivity index (χ4v) is 5.00. The maximum Gasteiger partial charge on any atom is 0.271 e. The molecule has 0 aliphatic carbocycles. The molecule has 0 heterocycles. The first kappa shape index (κ1) is 31.2. The largest absolute Gasteiger partial charge is 0.352 e. The first-order valence-electron chi connectivity index (χ1n) is 13.0. The Kier molecular flexibility index (Phi) is 10.5. The minimum Gasteiger partial charge on any atom is -0.352 e. The second-order valence-electron chi connectivity index (χ2n) is 9.72. The number of carbonyl (C=O) groups excluding carboxylic acids is 2. The smallest absolute Gasteiger partial charge is 0.271 e. The van der Waals surface area contributed by atoms with Crippen LogP contribution < -0.4 is 9.62 Å². The molecule has 10 nitrogen and oxygen atoms in total. The lowest BCUT2D eigenvalue weighted by atomic mass is 10.0. The van der Waals surface area contributed by atoms with Gasteiger partial charge in [-0.2, -0.15) is 0 Å². The van der Waals surface area contributed by atoms with Crippen LogP contribution in [0.15, 0.2) is 78.9 Å². The number of anilines is 1. The van der Waals surface area contributed by atoms with Gasteiger partial charge in [0, 0.05) is 31.1 Å². The Morgan fingerprint density at radius 3 is 2.24 bits per heavy atom. The van der Waals surface area contributed by atoms with Crippen molar-refractivity contribution in [3.63, 3.8) is 0 Å². The molecule has 0 aliphatic rings. The summed E-state index contributed by atoms with van der Waals surface area (Å²) >= 11 is 0. The molecule has 0 unspecified atom stereocenters. The molecule has 0 saturated heterocycles. The van der Waals surface area contributed by atoms with Crippen molar-refractivity contribution in [1.82, 2.24) is 10.2 Å². The molecule has 0 radical (unpaired) electrons. The van der Waals surface area contributed by atoms with E-state index >= 15 is 0 Å². The monoisotopic (exact) mass is 584 g/mol. The molecule has 41 heavy (non-hydrogen) atoms. The van der Waals surface area contributed by atoms with E-state index < -0.39 is 45.2 Å². The normalized spacial score (nSPS) is 12.7. The van der Waals surface area contributed by atoms with Crippen LogP contribution >= 0.6 is 0 Å². The van der Waals surface area contributed by atoms with Gasteiger partial charge in [-0.1, -0.05) is 55.5 Å². The first-order valence-corrected chi connectivity index (χ1v) is 14.8. The summed E-state index contributed by atoms with van der Waals surface area (Å²) in [6.07, 6.45) is 1.66. The number of hydrogen-bond donors (Lipinski definition) is 1. The third-order valence-corrected chi connectivity index (χ3v) is 7.69. The van der Waals surface area contributed by atoms with Crippen molar-refractivity contribution in [2.75, 3.05) is 17.1 Å². The summed E-state index contributed by atoms with van der Waals surface area (Å²) in [6.45, 7) is 2.90. The highest BCUT2D eigenvalue weighted by atomic mass is 32.2. The summed E-state index contributed by atoms with van der Waals surface area (Å²) in [7, 11) is -4.08. The summed E-state index contributed by atoms with van der Waals surface area (Å²) < 4.78 is 40.0. The molecule has 0 aromatic heterocycles. The Bertz CT molecular complexity index is 1470. The third kappa shape index (κ3) is 8.84. The lowest BCUT2D eigenvalue weighted by Gasteiger charge is -2.34. The van der Waals surface area contributed by atoms with E-state index in [1.54, 1.807) is 12.1 Å². The number of nitrogens with zero attached hydrogens (tertiary/aromatic N) is 3. The minimum absolute atomic E-state index is 0.0690. The molecule has 218 valence electrons. The Balaban J connectivity index is 2.07. The molecule has 3 rings (SSSR count). The van der Waals surface area contributed by atoms with Crippen LogP contribution in [-0.2, 0) is 32.6 Å². The molecular weight excluding hydrogens is 551 g/mol. The van der Waals surface area contributed by atoms with Crippen LogP contribution in [0.2, 0.25) is 0 Å². The van der Waals surface area contributed by atoms with E-state index in [0.717, 1.165) is 22.2 Å². The van der Waals surface area contributed by atoms with Crippen molar-refractivity contribution >= 4 is 33.2 Å². The molecule has 3 aromatic carbocycles. The number of nitro groups is 1. The Morgan fingerprint density at radius 1 is 1.00 bits per heavy atom. The molecule has 0 spiro atoms. The molecule has 2 amide bonds. The highest BCUT2D eigenvalue weighted by Gasteiger charge is 2.33. The van der Waals surface area contributed by atoms with Gasteiger partial charge >= 0.3 is 0 Å². The Labute approximate surface area is 239 Å². The number of benzene rings is 3. The molecule has 0 saturated carbocycles. The summed E-state index contributed by atoms with van der Waals surface area (Å²) in [5, 5.41) is 14.2. The molecule has 0 fully saturated rings. The van der Waals surface area contributed by atoms with Crippen LogP contribution in [0.3, 0.4) is 0 Å². The molecule has 1 N–H and O–H groups in total. The second kappa shape index (κ2) is 13.8. The van der Waals surface area contributed by atoms with Crippen LogP contribution in [0.1, 0.15) is 31.4 Å². The molecule has 0 bridgehead atoms. The molecular formula is C29H33FN4O6S. The summed E-state index contributed by atoms with van der Waals surface area (Å²) in [5.74, 6) is -1.62. The fraction of sp³-hybridized carbons (Fsp3) is 0.310. The van der Waals surface area contributed by atoms with Gasteiger partial charge in [-0.05, 0) is 42.7 Å². The number of nitrogens with one attached hydrogen (secondary N) is 1. The Hall–Kier alpha value is -4.32. The van der Waals surface area contributed by atoms with Gasteiger partial charge in [0.15, 0.2) is 0 Å². The van der Waals surface area contributed by atoms with Gasteiger partial charge in [0.25, 0.3) is 5.69 Å². The maximum atomic E-state index is 14.0. The van der Waals surface area contributed by atoms with Crippen LogP contribution in [0.25, 0.3) is 0 Å². The van der Waals surface area contributed by atoms with Crippen molar-refractivity contribution in [3.05, 3.63) is 106 Å². The van der Waals surface area contributed by atoms with Crippen LogP contribution in [-0.4, -0.2) is 54.9 Å². The lowest BCUT2D eigenvalue weighted by molar-refractivity contribution is -0.384. The fourth-order valence-electron chi connectivity index (χ4n) is 4.16. The zero-order chi connectivity index (χ0) is 30.2.